The van der Waals surface area contributed by atoms with Gasteiger partial charge in [-0.3, -0.25) is 9.69 Å². The molecule has 164 valence electrons. The molecule has 0 atom stereocenters. The number of thioether (sulfide) groups is 1. The molecular weight excluding hydrogens is 438 g/mol. The van der Waals surface area contributed by atoms with Crippen molar-refractivity contribution in [3.63, 3.8) is 0 Å². The van der Waals surface area contributed by atoms with E-state index in [0.717, 1.165) is 33.8 Å². The van der Waals surface area contributed by atoms with E-state index in [1.165, 1.54) is 11.8 Å². The van der Waals surface area contributed by atoms with E-state index in [0.29, 0.717) is 15.8 Å². The van der Waals surface area contributed by atoms with E-state index in [1.807, 2.05) is 87.1 Å². The van der Waals surface area contributed by atoms with Crippen LogP contribution in [-0.4, -0.2) is 37.6 Å². The lowest BCUT2D eigenvalue weighted by Gasteiger charge is -2.18. The highest BCUT2D eigenvalue weighted by Gasteiger charge is 2.34. The maximum Gasteiger partial charge on any atom is 0.266 e. The van der Waals surface area contributed by atoms with Crippen LogP contribution in [-0.2, 0) is 4.79 Å². The van der Waals surface area contributed by atoms with Crippen LogP contribution in [0.15, 0.2) is 59.6 Å². The second-order valence-corrected chi connectivity index (χ2v) is 9.45. The van der Waals surface area contributed by atoms with E-state index in [-0.39, 0.29) is 11.9 Å². The molecule has 0 spiro atoms. The summed E-state index contributed by atoms with van der Waals surface area (Å²) in [6.45, 7) is 8.55. The average Bonchev–Trinajstić information content (AvgIpc) is 3.31. The number of rotatable bonds is 6. The number of ether oxygens (including phenoxy) is 1. The number of thiocarbonyl (C=S) groups is 1. The molecule has 1 aromatic heterocycles. The standard InChI is InChI=1S/C25H25N3O2S2/c1-5-30-21-12-11-18(13-17(21)4)23-19(15-27(26-23)20-9-7-6-8-10-20)14-22-24(29)28(16(2)3)25(31)32-22/h6-16H,5H2,1-4H3/b22-14+. The Kier molecular flexibility index (Phi) is 6.48. The molecule has 0 bridgehead atoms. The van der Waals surface area contributed by atoms with Gasteiger partial charge in [-0.05, 0) is 69.7 Å². The van der Waals surface area contributed by atoms with Gasteiger partial charge in [0.2, 0.25) is 0 Å². The first-order valence-corrected chi connectivity index (χ1v) is 11.8. The van der Waals surface area contributed by atoms with E-state index in [9.17, 15) is 4.79 Å². The number of carbonyl (C=O) groups is 1. The average molecular weight is 464 g/mol. The second kappa shape index (κ2) is 9.30. The summed E-state index contributed by atoms with van der Waals surface area (Å²) in [5.74, 6) is 0.800. The molecule has 1 aliphatic rings. The molecule has 2 aromatic carbocycles. The summed E-state index contributed by atoms with van der Waals surface area (Å²) in [4.78, 5) is 15.2. The van der Waals surface area contributed by atoms with Crippen LogP contribution in [0, 0.1) is 6.92 Å². The minimum atomic E-state index is -0.0590. The third kappa shape index (κ3) is 4.36. The summed E-state index contributed by atoms with van der Waals surface area (Å²) < 4.78 is 8.13. The summed E-state index contributed by atoms with van der Waals surface area (Å²) in [6.07, 6.45) is 3.85. The van der Waals surface area contributed by atoms with Crippen LogP contribution in [0.3, 0.4) is 0 Å². The van der Waals surface area contributed by atoms with Crippen molar-refractivity contribution in [3.05, 3.63) is 70.8 Å². The van der Waals surface area contributed by atoms with Gasteiger partial charge < -0.3 is 4.74 Å². The Balaban J connectivity index is 1.81. The number of aromatic nitrogens is 2. The number of hydrogen-bond donors (Lipinski definition) is 0. The Morgan fingerprint density at radius 2 is 1.94 bits per heavy atom. The van der Waals surface area contributed by atoms with Gasteiger partial charge in [0.1, 0.15) is 15.8 Å². The van der Waals surface area contributed by atoms with Gasteiger partial charge in [0.05, 0.1) is 17.2 Å². The van der Waals surface area contributed by atoms with Crippen molar-refractivity contribution < 1.29 is 9.53 Å². The van der Waals surface area contributed by atoms with Gasteiger partial charge in [0.15, 0.2) is 0 Å². The summed E-state index contributed by atoms with van der Waals surface area (Å²) in [5.41, 5.74) is 4.61. The maximum atomic E-state index is 13.0. The summed E-state index contributed by atoms with van der Waals surface area (Å²) >= 11 is 6.78. The predicted octanol–water partition coefficient (Wildman–Crippen LogP) is 5.86. The third-order valence-corrected chi connectivity index (χ3v) is 6.47. The van der Waals surface area contributed by atoms with Gasteiger partial charge in [0.25, 0.3) is 5.91 Å². The van der Waals surface area contributed by atoms with E-state index >= 15 is 0 Å². The molecule has 0 N–H and O–H groups in total. The largest absolute Gasteiger partial charge is 0.494 e. The van der Waals surface area contributed by atoms with Crippen molar-refractivity contribution in [2.24, 2.45) is 0 Å². The second-order valence-electron chi connectivity index (χ2n) is 7.77. The molecule has 1 saturated heterocycles. The molecule has 3 aromatic rings. The van der Waals surface area contributed by atoms with E-state index in [2.05, 4.69) is 6.07 Å². The molecule has 1 aliphatic heterocycles. The lowest BCUT2D eigenvalue weighted by Crippen LogP contribution is -2.34. The first kappa shape index (κ1) is 22.3. The lowest BCUT2D eigenvalue weighted by molar-refractivity contribution is -0.123. The zero-order valence-corrected chi connectivity index (χ0v) is 20.2. The Morgan fingerprint density at radius 3 is 2.56 bits per heavy atom. The molecule has 5 nitrogen and oxygen atoms in total. The molecule has 0 unspecified atom stereocenters. The van der Waals surface area contributed by atoms with Crippen molar-refractivity contribution in [2.75, 3.05) is 6.61 Å². The number of benzene rings is 2. The number of nitrogens with zero attached hydrogens (tertiary/aromatic N) is 3. The molecule has 0 saturated carbocycles. The number of amides is 1. The SMILES string of the molecule is CCOc1ccc(-c2nn(-c3ccccc3)cc2/C=C2/SC(=S)N(C(C)C)C2=O)cc1C. The minimum absolute atomic E-state index is 0.0219. The number of carbonyl (C=O) groups excluding carboxylic acids is 1. The van der Waals surface area contributed by atoms with Crippen molar-refractivity contribution in [1.82, 2.24) is 14.7 Å². The van der Waals surface area contributed by atoms with Gasteiger partial charge in [0, 0.05) is 23.4 Å². The van der Waals surface area contributed by atoms with Crippen LogP contribution in [0.2, 0.25) is 0 Å². The van der Waals surface area contributed by atoms with Gasteiger partial charge in [-0.25, -0.2) is 4.68 Å². The van der Waals surface area contributed by atoms with Gasteiger partial charge in [-0.2, -0.15) is 5.10 Å². The number of aryl methyl sites for hydroxylation is 1. The van der Waals surface area contributed by atoms with E-state index in [4.69, 9.17) is 22.1 Å². The van der Waals surface area contributed by atoms with Crippen molar-refractivity contribution in [3.8, 4) is 22.7 Å². The van der Waals surface area contributed by atoms with Gasteiger partial charge in [-0.1, -0.05) is 42.2 Å². The molecule has 4 rings (SSSR count). The fourth-order valence-electron chi connectivity index (χ4n) is 3.61. The number of para-hydroxylation sites is 1. The Hall–Kier alpha value is -2.90. The van der Waals surface area contributed by atoms with Gasteiger partial charge >= 0.3 is 0 Å². The summed E-state index contributed by atoms with van der Waals surface area (Å²) in [7, 11) is 0. The van der Waals surface area contributed by atoms with Gasteiger partial charge in [-0.15, -0.1) is 0 Å². The van der Waals surface area contributed by atoms with Crippen LogP contribution in [0.4, 0.5) is 0 Å². The Labute approximate surface area is 198 Å². The Morgan fingerprint density at radius 1 is 1.19 bits per heavy atom. The first-order chi connectivity index (χ1) is 15.4. The van der Waals surface area contributed by atoms with Crippen LogP contribution >= 0.6 is 24.0 Å². The zero-order chi connectivity index (χ0) is 22.8. The molecule has 32 heavy (non-hydrogen) atoms. The van der Waals surface area contributed by atoms with Crippen molar-refractivity contribution >= 4 is 40.3 Å². The molecule has 0 radical (unpaired) electrons. The molecule has 1 fully saturated rings. The predicted molar refractivity (Wildman–Crippen MR) is 135 cm³/mol. The number of hydrogen-bond acceptors (Lipinski definition) is 5. The smallest absolute Gasteiger partial charge is 0.266 e. The fourth-order valence-corrected chi connectivity index (χ4v) is 5.13. The topological polar surface area (TPSA) is 47.4 Å². The van der Waals surface area contributed by atoms with E-state index < -0.39 is 0 Å². The van der Waals surface area contributed by atoms with Crippen LogP contribution in [0.1, 0.15) is 31.9 Å². The normalized spacial score (nSPS) is 15.3. The molecule has 1 amide bonds. The van der Waals surface area contributed by atoms with Crippen LogP contribution in [0.25, 0.3) is 23.0 Å². The first-order valence-electron chi connectivity index (χ1n) is 10.5. The minimum Gasteiger partial charge on any atom is -0.494 e. The quantitative estimate of drug-likeness (QED) is 0.339. The molecule has 2 heterocycles. The molecular formula is C25H25N3O2S2. The van der Waals surface area contributed by atoms with Crippen molar-refractivity contribution in [1.29, 1.82) is 0 Å². The summed E-state index contributed by atoms with van der Waals surface area (Å²) in [5, 5.41) is 4.87. The summed E-state index contributed by atoms with van der Waals surface area (Å²) in [6, 6.07) is 16.0. The highest BCUT2D eigenvalue weighted by atomic mass is 32.2. The third-order valence-electron chi connectivity index (χ3n) is 5.14. The maximum absolute atomic E-state index is 13.0. The monoisotopic (exact) mass is 463 g/mol. The molecule has 7 heteroatoms. The van der Waals surface area contributed by atoms with Crippen molar-refractivity contribution in [2.45, 2.75) is 33.7 Å². The zero-order valence-electron chi connectivity index (χ0n) is 18.5. The highest BCUT2D eigenvalue weighted by Crippen LogP contribution is 2.36. The highest BCUT2D eigenvalue weighted by molar-refractivity contribution is 8.26. The van der Waals surface area contributed by atoms with Crippen LogP contribution in [0.5, 0.6) is 5.75 Å². The Bertz CT molecular complexity index is 1200. The molecule has 0 aliphatic carbocycles. The lowest BCUT2D eigenvalue weighted by atomic mass is 10.0. The van der Waals surface area contributed by atoms with Crippen LogP contribution < -0.4 is 4.74 Å². The van der Waals surface area contributed by atoms with E-state index in [1.54, 1.807) is 4.90 Å². The fraction of sp³-hybridized carbons (Fsp3) is 0.240.